The summed E-state index contributed by atoms with van der Waals surface area (Å²) in [6.45, 7) is 13.0. The van der Waals surface area contributed by atoms with Gasteiger partial charge in [-0.25, -0.2) is 0 Å². The Kier molecular flexibility index (Phi) is 6.32. The molecule has 1 aliphatic rings. The van der Waals surface area contributed by atoms with Crippen LogP contribution in [-0.2, 0) is 0 Å². The number of nitrogens with one attached hydrogen (secondary N) is 1. The minimum absolute atomic E-state index is 0.718. The summed E-state index contributed by atoms with van der Waals surface area (Å²) in [6.07, 6.45) is 2.61. The Morgan fingerprint density at radius 1 is 1.31 bits per heavy atom. The normalized spacial score (nSPS) is 25.9. The Hall–Kier alpha value is -0.120. The van der Waals surface area contributed by atoms with Gasteiger partial charge in [0.15, 0.2) is 0 Å². The van der Waals surface area contributed by atoms with Crippen LogP contribution in [0.3, 0.4) is 0 Å². The maximum atomic E-state index is 3.33. The average Bonchev–Trinajstić information content (AvgIpc) is 2.28. The van der Waals surface area contributed by atoms with Gasteiger partial charge in [-0.15, -0.1) is 0 Å². The van der Waals surface area contributed by atoms with Crippen molar-refractivity contribution in [2.45, 2.75) is 45.7 Å². The summed E-state index contributed by atoms with van der Waals surface area (Å²) in [4.78, 5) is 5.26. The van der Waals surface area contributed by atoms with Crippen molar-refractivity contribution in [1.82, 2.24) is 15.1 Å². The first-order chi connectivity index (χ1) is 7.72. The highest BCUT2D eigenvalue weighted by Crippen LogP contribution is 2.14. The van der Waals surface area contributed by atoms with Crippen LogP contribution in [0.5, 0.6) is 0 Å². The van der Waals surface area contributed by atoms with Crippen LogP contribution in [-0.4, -0.2) is 61.7 Å². The summed E-state index contributed by atoms with van der Waals surface area (Å²) in [5.41, 5.74) is 0. The van der Waals surface area contributed by atoms with E-state index in [1.54, 1.807) is 0 Å². The van der Waals surface area contributed by atoms with Gasteiger partial charge in [0.1, 0.15) is 0 Å². The van der Waals surface area contributed by atoms with Gasteiger partial charge in [-0.2, -0.15) is 0 Å². The highest BCUT2D eigenvalue weighted by Gasteiger charge is 2.26. The van der Waals surface area contributed by atoms with E-state index in [2.05, 4.69) is 42.9 Å². The minimum Gasteiger partial charge on any atom is -0.318 e. The van der Waals surface area contributed by atoms with Gasteiger partial charge in [0.25, 0.3) is 0 Å². The second-order valence-corrected chi connectivity index (χ2v) is 4.97. The van der Waals surface area contributed by atoms with Crippen LogP contribution in [0, 0.1) is 0 Å². The fraction of sp³-hybridized carbons (Fsp3) is 1.00. The molecule has 0 aromatic heterocycles. The molecule has 3 heteroatoms. The number of piperazine rings is 1. The van der Waals surface area contributed by atoms with Crippen LogP contribution in [0.25, 0.3) is 0 Å². The molecule has 0 aliphatic carbocycles. The number of nitrogens with zero attached hydrogens (tertiary/aromatic N) is 2. The van der Waals surface area contributed by atoms with E-state index in [0.29, 0.717) is 0 Å². The molecule has 3 nitrogen and oxygen atoms in total. The molecule has 0 amide bonds. The van der Waals surface area contributed by atoms with E-state index >= 15 is 0 Å². The minimum atomic E-state index is 0.718. The highest BCUT2D eigenvalue weighted by molar-refractivity contribution is 4.83. The standard InChI is InChI=1S/C13H29N3/c1-5-7-13(10-14-4)16-9-8-15(6-2)12(3)11-16/h12-14H,5-11H2,1-4H3. The van der Waals surface area contributed by atoms with Crippen molar-refractivity contribution in [1.29, 1.82) is 0 Å². The fourth-order valence-electron chi connectivity index (χ4n) is 2.81. The Bertz CT molecular complexity index is 178. The Morgan fingerprint density at radius 3 is 2.56 bits per heavy atom. The third-order valence-corrected chi connectivity index (χ3v) is 3.78. The Labute approximate surface area is 101 Å². The van der Waals surface area contributed by atoms with E-state index in [9.17, 15) is 0 Å². The van der Waals surface area contributed by atoms with Crippen LogP contribution in [0.15, 0.2) is 0 Å². The second kappa shape index (κ2) is 7.25. The molecule has 0 bridgehead atoms. The number of hydrogen-bond acceptors (Lipinski definition) is 3. The molecule has 0 spiro atoms. The molecule has 1 rings (SSSR count). The number of likely N-dealkylation sites (N-methyl/N-ethyl adjacent to an activating group) is 2. The van der Waals surface area contributed by atoms with Gasteiger partial charge in [-0.1, -0.05) is 20.3 Å². The van der Waals surface area contributed by atoms with Gasteiger partial charge in [0.2, 0.25) is 0 Å². The monoisotopic (exact) mass is 227 g/mol. The van der Waals surface area contributed by atoms with Gasteiger partial charge in [-0.3, -0.25) is 9.80 Å². The van der Waals surface area contributed by atoms with Crippen molar-refractivity contribution in [2.75, 3.05) is 39.8 Å². The first-order valence-electron chi connectivity index (χ1n) is 6.85. The molecule has 1 N–H and O–H groups in total. The molecule has 0 saturated carbocycles. The summed E-state index contributed by atoms with van der Waals surface area (Å²) < 4.78 is 0. The first-order valence-corrected chi connectivity index (χ1v) is 6.85. The quantitative estimate of drug-likeness (QED) is 0.740. The molecule has 1 heterocycles. The molecule has 0 radical (unpaired) electrons. The molecule has 1 fully saturated rings. The van der Waals surface area contributed by atoms with Crippen molar-refractivity contribution >= 4 is 0 Å². The van der Waals surface area contributed by atoms with Crippen molar-refractivity contribution < 1.29 is 0 Å². The maximum Gasteiger partial charge on any atom is 0.0221 e. The van der Waals surface area contributed by atoms with E-state index in [-0.39, 0.29) is 0 Å². The van der Waals surface area contributed by atoms with Crippen molar-refractivity contribution in [3.8, 4) is 0 Å². The van der Waals surface area contributed by atoms with Gasteiger partial charge in [0, 0.05) is 38.3 Å². The highest BCUT2D eigenvalue weighted by atomic mass is 15.3. The van der Waals surface area contributed by atoms with Crippen molar-refractivity contribution in [3.63, 3.8) is 0 Å². The predicted octanol–water partition coefficient (Wildman–Crippen LogP) is 1.40. The van der Waals surface area contributed by atoms with Gasteiger partial charge < -0.3 is 5.32 Å². The molecule has 1 aliphatic heterocycles. The van der Waals surface area contributed by atoms with Crippen molar-refractivity contribution in [3.05, 3.63) is 0 Å². The van der Waals surface area contributed by atoms with E-state index in [4.69, 9.17) is 0 Å². The van der Waals surface area contributed by atoms with E-state index in [0.717, 1.165) is 18.6 Å². The lowest BCUT2D eigenvalue weighted by atomic mass is 10.1. The third-order valence-electron chi connectivity index (χ3n) is 3.78. The van der Waals surface area contributed by atoms with Crippen LogP contribution in [0.2, 0.25) is 0 Å². The zero-order valence-electron chi connectivity index (χ0n) is 11.5. The fourth-order valence-corrected chi connectivity index (χ4v) is 2.81. The summed E-state index contributed by atoms with van der Waals surface area (Å²) in [6, 6.07) is 1.45. The molecule has 0 aromatic carbocycles. The van der Waals surface area contributed by atoms with Crippen molar-refractivity contribution in [2.24, 2.45) is 0 Å². The third kappa shape index (κ3) is 3.72. The summed E-state index contributed by atoms with van der Waals surface area (Å²) in [5, 5.41) is 3.33. The predicted molar refractivity (Wildman–Crippen MR) is 70.9 cm³/mol. The van der Waals surface area contributed by atoms with Gasteiger partial charge in [-0.05, 0) is 26.9 Å². The molecule has 0 aromatic rings. The van der Waals surface area contributed by atoms with Crippen LogP contribution < -0.4 is 5.32 Å². The first kappa shape index (κ1) is 13.9. The number of rotatable bonds is 6. The zero-order valence-corrected chi connectivity index (χ0v) is 11.5. The molecule has 2 unspecified atom stereocenters. The second-order valence-electron chi connectivity index (χ2n) is 4.97. The molecule has 1 saturated heterocycles. The van der Waals surface area contributed by atoms with Gasteiger partial charge >= 0.3 is 0 Å². The zero-order chi connectivity index (χ0) is 12.0. The summed E-state index contributed by atoms with van der Waals surface area (Å²) >= 11 is 0. The van der Waals surface area contributed by atoms with Crippen LogP contribution >= 0.6 is 0 Å². The molecule has 96 valence electrons. The van der Waals surface area contributed by atoms with Gasteiger partial charge in [0.05, 0.1) is 0 Å². The van der Waals surface area contributed by atoms with E-state index in [1.807, 2.05) is 0 Å². The summed E-state index contributed by atoms with van der Waals surface area (Å²) in [5.74, 6) is 0. The largest absolute Gasteiger partial charge is 0.318 e. The SMILES string of the molecule is CCCC(CNC)N1CCN(CC)C(C)C1. The summed E-state index contributed by atoms with van der Waals surface area (Å²) in [7, 11) is 2.06. The topological polar surface area (TPSA) is 18.5 Å². The lowest BCUT2D eigenvalue weighted by molar-refractivity contribution is 0.0560. The van der Waals surface area contributed by atoms with Crippen LogP contribution in [0.1, 0.15) is 33.6 Å². The molecule has 2 atom stereocenters. The number of hydrogen-bond donors (Lipinski definition) is 1. The lowest BCUT2D eigenvalue weighted by Crippen LogP contribution is -2.56. The molecule has 16 heavy (non-hydrogen) atoms. The maximum absolute atomic E-state index is 3.33. The van der Waals surface area contributed by atoms with E-state index < -0.39 is 0 Å². The van der Waals surface area contributed by atoms with Crippen LogP contribution in [0.4, 0.5) is 0 Å². The smallest absolute Gasteiger partial charge is 0.0221 e. The molecular formula is C13H29N3. The van der Waals surface area contributed by atoms with E-state index in [1.165, 1.54) is 39.0 Å². The molecular weight excluding hydrogens is 198 g/mol. The average molecular weight is 227 g/mol. The Morgan fingerprint density at radius 2 is 2.06 bits per heavy atom. The lowest BCUT2D eigenvalue weighted by Gasteiger charge is -2.43. The Balaban J connectivity index is 2.46.